The lowest BCUT2D eigenvalue weighted by atomic mass is 9.82. The normalized spacial score (nSPS) is 22.2. The maximum absolute atomic E-state index is 9.96. The highest BCUT2D eigenvalue weighted by atomic mass is 16.5. The molecule has 0 aromatic carbocycles. The molecule has 20 heavy (non-hydrogen) atoms. The quantitative estimate of drug-likeness (QED) is 0.719. The van der Waals surface area contributed by atoms with Gasteiger partial charge in [-0.25, -0.2) is 0 Å². The number of aliphatic hydroxyl groups excluding tert-OH is 1. The van der Waals surface area contributed by atoms with Crippen LogP contribution in [0.4, 0.5) is 0 Å². The van der Waals surface area contributed by atoms with Crippen molar-refractivity contribution in [2.45, 2.75) is 71.6 Å². The minimum Gasteiger partial charge on any atom is -0.389 e. The smallest absolute Gasteiger partial charge is 0.0897 e. The minimum atomic E-state index is -0.462. The van der Waals surface area contributed by atoms with Gasteiger partial charge in [-0.05, 0) is 38.5 Å². The molecule has 120 valence electrons. The Morgan fingerprint density at radius 2 is 2.00 bits per heavy atom. The molecule has 0 aromatic rings. The molecule has 1 rings (SSSR count). The van der Waals surface area contributed by atoms with Crippen molar-refractivity contribution < 1.29 is 14.6 Å². The SMILES string of the molecule is CC(C)(C)CC(C)(C)NCC(O)COCC1CCCO1. The zero-order valence-corrected chi connectivity index (χ0v) is 13.9. The van der Waals surface area contributed by atoms with E-state index in [1.54, 1.807) is 0 Å². The van der Waals surface area contributed by atoms with Gasteiger partial charge in [-0.2, -0.15) is 0 Å². The second-order valence-corrected chi connectivity index (χ2v) is 7.83. The summed E-state index contributed by atoms with van der Waals surface area (Å²) in [6, 6.07) is 0. The van der Waals surface area contributed by atoms with Gasteiger partial charge in [-0.15, -0.1) is 0 Å². The van der Waals surface area contributed by atoms with Crippen molar-refractivity contribution in [3.8, 4) is 0 Å². The number of hydrogen-bond donors (Lipinski definition) is 2. The molecule has 1 saturated heterocycles. The van der Waals surface area contributed by atoms with E-state index in [2.05, 4.69) is 39.9 Å². The lowest BCUT2D eigenvalue weighted by Gasteiger charge is -2.34. The molecule has 1 aliphatic rings. The molecule has 1 fully saturated rings. The summed E-state index contributed by atoms with van der Waals surface area (Å²) < 4.78 is 11.0. The number of aliphatic hydroxyl groups is 1. The Balaban J connectivity index is 2.13. The van der Waals surface area contributed by atoms with Gasteiger partial charge in [0.25, 0.3) is 0 Å². The highest BCUT2D eigenvalue weighted by Crippen LogP contribution is 2.26. The van der Waals surface area contributed by atoms with Gasteiger partial charge in [0.2, 0.25) is 0 Å². The molecule has 0 radical (unpaired) electrons. The molecular formula is C16H33NO3. The maximum Gasteiger partial charge on any atom is 0.0897 e. The third-order valence-corrected chi connectivity index (χ3v) is 3.43. The summed E-state index contributed by atoms with van der Waals surface area (Å²) in [4.78, 5) is 0. The Morgan fingerprint density at radius 3 is 2.55 bits per heavy atom. The van der Waals surface area contributed by atoms with E-state index in [1.165, 1.54) is 0 Å². The molecule has 0 saturated carbocycles. The standard InChI is InChI=1S/C16H33NO3/c1-15(2,3)12-16(4,5)17-9-13(18)10-19-11-14-7-6-8-20-14/h13-14,17-18H,6-12H2,1-5H3. The van der Waals surface area contributed by atoms with Crippen LogP contribution in [0.1, 0.15) is 53.9 Å². The molecule has 2 N–H and O–H groups in total. The van der Waals surface area contributed by atoms with Crippen molar-refractivity contribution in [3.63, 3.8) is 0 Å². The highest BCUT2D eigenvalue weighted by Gasteiger charge is 2.25. The predicted molar refractivity (Wildman–Crippen MR) is 82.0 cm³/mol. The van der Waals surface area contributed by atoms with Crippen LogP contribution >= 0.6 is 0 Å². The second-order valence-electron chi connectivity index (χ2n) is 7.83. The van der Waals surface area contributed by atoms with Crippen LogP contribution in [-0.4, -0.2) is 49.2 Å². The van der Waals surface area contributed by atoms with Gasteiger partial charge < -0.3 is 19.9 Å². The molecule has 0 aliphatic carbocycles. The van der Waals surface area contributed by atoms with E-state index in [0.717, 1.165) is 25.9 Å². The first-order valence-electron chi connectivity index (χ1n) is 7.80. The van der Waals surface area contributed by atoms with Gasteiger partial charge >= 0.3 is 0 Å². The fourth-order valence-electron chi connectivity index (χ4n) is 2.95. The van der Waals surface area contributed by atoms with Crippen LogP contribution in [0.15, 0.2) is 0 Å². The Labute approximate surface area is 124 Å². The summed E-state index contributed by atoms with van der Waals surface area (Å²) in [5.74, 6) is 0. The number of ether oxygens (including phenoxy) is 2. The maximum atomic E-state index is 9.96. The van der Waals surface area contributed by atoms with Crippen molar-refractivity contribution in [1.82, 2.24) is 5.32 Å². The van der Waals surface area contributed by atoms with E-state index in [0.29, 0.717) is 19.8 Å². The second kappa shape index (κ2) is 7.74. The van der Waals surface area contributed by atoms with Crippen LogP contribution in [0.3, 0.4) is 0 Å². The van der Waals surface area contributed by atoms with E-state index in [4.69, 9.17) is 9.47 Å². The lowest BCUT2D eigenvalue weighted by molar-refractivity contribution is -0.0181. The highest BCUT2D eigenvalue weighted by molar-refractivity contribution is 4.84. The third-order valence-electron chi connectivity index (χ3n) is 3.43. The van der Waals surface area contributed by atoms with Crippen molar-refractivity contribution >= 4 is 0 Å². The van der Waals surface area contributed by atoms with Crippen LogP contribution < -0.4 is 5.32 Å². The summed E-state index contributed by atoms with van der Waals surface area (Å²) in [5, 5.41) is 13.4. The summed E-state index contributed by atoms with van der Waals surface area (Å²) in [5.41, 5.74) is 0.297. The number of rotatable bonds is 8. The van der Waals surface area contributed by atoms with E-state index < -0.39 is 6.10 Å². The molecule has 0 aromatic heterocycles. The summed E-state index contributed by atoms with van der Waals surface area (Å²) in [6.07, 6.45) is 3.03. The van der Waals surface area contributed by atoms with E-state index in [-0.39, 0.29) is 17.1 Å². The summed E-state index contributed by atoms with van der Waals surface area (Å²) in [7, 11) is 0. The predicted octanol–water partition coefficient (Wildman–Crippen LogP) is 2.35. The third kappa shape index (κ3) is 8.20. The fourth-order valence-corrected chi connectivity index (χ4v) is 2.95. The molecule has 2 atom stereocenters. The number of hydrogen-bond acceptors (Lipinski definition) is 4. The summed E-state index contributed by atoms with van der Waals surface area (Å²) >= 11 is 0. The van der Waals surface area contributed by atoms with E-state index in [1.807, 2.05) is 0 Å². The zero-order valence-electron chi connectivity index (χ0n) is 13.9. The summed E-state index contributed by atoms with van der Waals surface area (Å²) in [6.45, 7) is 13.4. The average molecular weight is 287 g/mol. The topological polar surface area (TPSA) is 50.7 Å². The fraction of sp³-hybridized carbons (Fsp3) is 1.00. The first kappa shape index (κ1) is 17.9. The number of β-amino-alcohol motifs (C(OH)–C–C–N with tert-alkyl or cyclic N) is 1. The van der Waals surface area contributed by atoms with E-state index in [9.17, 15) is 5.11 Å². The number of nitrogens with one attached hydrogen (secondary N) is 1. The Bertz CT molecular complexity index is 267. The van der Waals surface area contributed by atoms with Crippen molar-refractivity contribution in [1.29, 1.82) is 0 Å². The molecular weight excluding hydrogens is 254 g/mol. The Hall–Kier alpha value is -0.160. The lowest BCUT2D eigenvalue weighted by Crippen LogP contribution is -2.46. The van der Waals surface area contributed by atoms with Gasteiger partial charge in [0, 0.05) is 18.7 Å². The van der Waals surface area contributed by atoms with Gasteiger partial charge in [0.05, 0.1) is 25.4 Å². The molecule has 0 spiro atoms. The van der Waals surface area contributed by atoms with Gasteiger partial charge in [0.15, 0.2) is 0 Å². The van der Waals surface area contributed by atoms with Gasteiger partial charge in [-0.1, -0.05) is 20.8 Å². The van der Waals surface area contributed by atoms with Crippen molar-refractivity contribution in [2.24, 2.45) is 5.41 Å². The first-order valence-corrected chi connectivity index (χ1v) is 7.80. The zero-order chi connectivity index (χ0) is 15.2. The molecule has 1 heterocycles. The largest absolute Gasteiger partial charge is 0.389 e. The molecule has 0 amide bonds. The van der Waals surface area contributed by atoms with Crippen molar-refractivity contribution in [2.75, 3.05) is 26.4 Å². The van der Waals surface area contributed by atoms with Crippen LogP contribution in [0.5, 0.6) is 0 Å². The average Bonchev–Trinajstić information content (AvgIpc) is 2.76. The molecule has 1 aliphatic heterocycles. The van der Waals surface area contributed by atoms with Gasteiger partial charge in [-0.3, -0.25) is 0 Å². The molecule has 0 bridgehead atoms. The molecule has 4 nitrogen and oxygen atoms in total. The van der Waals surface area contributed by atoms with Crippen LogP contribution in [-0.2, 0) is 9.47 Å². The Morgan fingerprint density at radius 1 is 1.30 bits per heavy atom. The molecule has 4 heteroatoms. The molecule has 2 unspecified atom stereocenters. The van der Waals surface area contributed by atoms with Crippen LogP contribution in [0.25, 0.3) is 0 Å². The minimum absolute atomic E-state index is 0.0216. The van der Waals surface area contributed by atoms with Crippen LogP contribution in [0.2, 0.25) is 0 Å². The van der Waals surface area contributed by atoms with Gasteiger partial charge in [0.1, 0.15) is 0 Å². The first-order chi connectivity index (χ1) is 9.18. The van der Waals surface area contributed by atoms with Crippen molar-refractivity contribution in [3.05, 3.63) is 0 Å². The van der Waals surface area contributed by atoms with E-state index >= 15 is 0 Å². The van der Waals surface area contributed by atoms with Crippen LogP contribution in [0, 0.1) is 5.41 Å². The Kier molecular flexibility index (Phi) is 6.92. The monoisotopic (exact) mass is 287 g/mol.